The van der Waals surface area contributed by atoms with E-state index in [9.17, 15) is 9.59 Å². The van der Waals surface area contributed by atoms with Crippen molar-refractivity contribution in [1.82, 2.24) is 20.1 Å². The molecule has 1 heterocycles. The van der Waals surface area contributed by atoms with E-state index >= 15 is 0 Å². The van der Waals surface area contributed by atoms with Gasteiger partial charge in [-0.15, -0.1) is 10.2 Å². The van der Waals surface area contributed by atoms with Crippen LogP contribution in [0.5, 0.6) is 5.75 Å². The second-order valence-corrected chi connectivity index (χ2v) is 9.66. The van der Waals surface area contributed by atoms with Crippen LogP contribution < -0.4 is 15.4 Å². The summed E-state index contributed by atoms with van der Waals surface area (Å²) < 4.78 is 8.05. The molecule has 4 rings (SSSR count). The summed E-state index contributed by atoms with van der Waals surface area (Å²) in [5, 5.41) is 14.9. The summed E-state index contributed by atoms with van der Waals surface area (Å²) in [6, 6.07) is 22.3. The Kier molecular flexibility index (Phi) is 8.40. The first-order valence-electron chi connectivity index (χ1n) is 11.1. The van der Waals surface area contributed by atoms with E-state index in [1.165, 1.54) is 18.9 Å². The Morgan fingerprint density at radius 3 is 2.56 bits per heavy atom. The Hall–Kier alpha value is -3.63. The number of rotatable bonds is 9. The number of nitrogens with one attached hydrogen (secondary N) is 2. The molecule has 36 heavy (non-hydrogen) atoms. The molecular formula is C26H24BrN5O3S. The van der Waals surface area contributed by atoms with Gasteiger partial charge in [0.1, 0.15) is 5.75 Å². The van der Waals surface area contributed by atoms with Crippen molar-refractivity contribution in [2.45, 2.75) is 18.6 Å². The number of benzene rings is 3. The van der Waals surface area contributed by atoms with E-state index in [2.05, 4.69) is 36.8 Å². The number of nitrogens with zero attached hydrogens (tertiary/aromatic N) is 3. The number of carbonyl (C=O) groups excluding carboxylic acids is 2. The molecule has 0 unspecified atom stereocenters. The van der Waals surface area contributed by atoms with Gasteiger partial charge in [-0.25, -0.2) is 0 Å². The summed E-state index contributed by atoms with van der Waals surface area (Å²) in [6.07, 6.45) is 0. The maximum atomic E-state index is 12.8. The molecule has 4 aromatic rings. The molecule has 0 spiro atoms. The van der Waals surface area contributed by atoms with E-state index in [0.717, 1.165) is 21.4 Å². The lowest BCUT2D eigenvalue weighted by molar-refractivity contribution is -0.113. The number of amides is 2. The molecule has 0 bridgehead atoms. The van der Waals surface area contributed by atoms with Crippen LogP contribution in [0.4, 0.5) is 5.69 Å². The van der Waals surface area contributed by atoms with Crippen molar-refractivity contribution in [1.29, 1.82) is 0 Å². The van der Waals surface area contributed by atoms with Crippen LogP contribution in [0.3, 0.4) is 0 Å². The molecule has 0 saturated carbocycles. The van der Waals surface area contributed by atoms with Crippen LogP contribution in [0.15, 0.2) is 82.4 Å². The third-order valence-electron chi connectivity index (χ3n) is 5.18. The number of halogens is 1. The molecule has 3 aromatic carbocycles. The number of ether oxygens (including phenoxy) is 1. The minimum absolute atomic E-state index is 0.135. The zero-order valence-corrected chi connectivity index (χ0v) is 22.1. The maximum Gasteiger partial charge on any atom is 0.255 e. The fourth-order valence-corrected chi connectivity index (χ4v) is 4.53. The number of thioether (sulfide) groups is 1. The van der Waals surface area contributed by atoms with Crippen molar-refractivity contribution in [3.05, 3.63) is 94.2 Å². The summed E-state index contributed by atoms with van der Waals surface area (Å²) in [4.78, 5) is 25.4. The largest absolute Gasteiger partial charge is 0.496 e. The molecule has 184 valence electrons. The molecule has 1 aromatic heterocycles. The first-order valence-corrected chi connectivity index (χ1v) is 12.8. The van der Waals surface area contributed by atoms with Crippen molar-refractivity contribution < 1.29 is 14.3 Å². The highest BCUT2D eigenvalue weighted by molar-refractivity contribution is 9.10. The molecule has 0 atom stereocenters. The van der Waals surface area contributed by atoms with Gasteiger partial charge in [-0.3, -0.25) is 14.2 Å². The first kappa shape index (κ1) is 25.5. The Balaban J connectivity index is 1.51. The normalized spacial score (nSPS) is 10.6. The van der Waals surface area contributed by atoms with Crippen molar-refractivity contribution >= 4 is 45.2 Å². The van der Waals surface area contributed by atoms with Gasteiger partial charge in [-0.05, 0) is 61.0 Å². The molecule has 0 radical (unpaired) electrons. The van der Waals surface area contributed by atoms with Gasteiger partial charge >= 0.3 is 0 Å². The topological polar surface area (TPSA) is 98.1 Å². The molecule has 8 nitrogen and oxygen atoms in total. The van der Waals surface area contributed by atoms with Gasteiger partial charge in [-0.1, -0.05) is 52.0 Å². The van der Waals surface area contributed by atoms with Crippen LogP contribution >= 0.6 is 27.7 Å². The highest BCUT2D eigenvalue weighted by atomic mass is 79.9. The molecular weight excluding hydrogens is 542 g/mol. The van der Waals surface area contributed by atoms with E-state index in [1.54, 1.807) is 24.3 Å². The average Bonchev–Trinajstić information content (AvgIpc) is 3.29. The lowest BCUT2D eigenvalue weighted by Gasteiger charge is -2.12. The number of carbonyl (C=O) groups is 2. The Morgan fingerprint density at radius 2 is 1.81 bits per heavy atom. The van der Waals surface area contributed by atoms with Crippen LogP contribution in [0, 0.1) is 6.92 Å². The predicted octanol–water partition coefficient (Wildman–Crippen LogP) is 5.01. The van der Waals surface area contributed by atoms with E-state index in [1.807, 2.05) is 60.0 Å². The molecule has 10 heteroatoms. The Labute approximate surface area is 221 Å². The van der Waals surface area contributed by atoms with Crippen LogP contribution in [-0.4, -0.2) is 39.4 Å². The fourth-order valence-electron chi connectivity index (χ4n) is 3.49. The summed E-state index contributed by atoms with van der Waals surface area (Å²) in [6.45, 7) is 2.11. The number of methoxy groups -OCH3 is 1. The minimum Gasteiger partial charge on any atom is -0.496 e. The monoisotopic (exact) mass is 565 g/mol. The zero-order valence-electron chi connectivity index (χ0n) is 19.7. The van der Waals surface area contributed by atoms with Gasteiger partial charge < -0.3 is 15.4 Å². The number of hydrogen-bond donors (Lipinski definition) is 2. The van der Waals surface area contributed by atoms with Crippen molar-refractivity contribution in [3.8, 4) is 11.4 Å². The minimum atomic E-state index is -0.287. The third-order valence-corrected chi connectivity index (χ3v) is 6.64. The van der Waals surface area contributed by atoms with Crippen LogP contribution in [0.2, 0.25) is 0 Å². The highest BCUT2D eigenvalue weighted by Crippen LogP contribution is 2.24. The van der Waals surface area contributed by atoms with Gasteiger partial charge in [0.15, 0.2) is 11.0 Å². The fraction of sp³-hybridized carbons (Fsp3) is 0.154. The van der Waals surface area contributed by atoms with Gasteiger partial charge in [-0.2, -0.15) is 0 Å². The average molecular weight is 566 g/mol. The molecule has 0 fully saturated rings. The lowest BCUT2D eigenvalue weighted by atomic mass is 10.2. The predicted molar refractivity (Wildman–Crippen MR) is 144 cm³/mol. The Morgan fingerprint density at radius 1 is 1.03 bits per heavy atom. The number of anilines is 1. The van der Waals surface area contributed by atoms with E-state index in [0.29, 0.717) is 22.3 Å². The van der Waals surface area contributed by atoms with Gasteiger partial charge in [0.2, 0.25) is 5.91 Å². The van der Waals surface area contributed by atoms with Gasteiger partial charge in [0, 0.05) is 15.8 Å². The van der Waals surface area contributed by atoms with Crippen LogP contribution in [0.25, 0.3) is 5.69 Å². The molecule has 2 amide bonds. The number of aryl methyl sites for hydroxylation is 1. The smallest absolute Gasteiger partial charge is 0.255 e. The summed E-state index contributed by atoms with van der Waals surface area (Å²) >= 11 is 4.72. The molecule has 0 aliphatic rings. The molecule has 0 saturated heterocycles. The highest BCUT2D eigenvalue weighted by Gasteiger charge is 2.18. The molecule has 0 aliphatic carbocycles. The molecule has 0 aliphatic heterocycles. The maximum absolute atomic E-state index is 12.8. The SMILES string of the molecule is COc1ccccc1C(=O)NCc1nnc(SCC(=O)Nc2cccc(C)c2)n1-c1ccc(Br)cc1. The van der Waals surface area contributed by atoms with E-state index in [-0.39, 0.29) is 24.1 Å². The summed E-state index contributed by atoms with van der Waals surface area (Å²) in [5.41, 5.74) is 3.05. The quantitative estimate of drug-likeness (QED) is 0.277. The second kappa shape index (κ2) is 11.9. The third kappa shape index (κ3) is 6.32. The van der Waals surface area contributed by atoms with Crippen molar-refractivity contribution in [2.24, 2.45) is 0 Å². The van der Waals surface area contributed by atoms with E-state index in [4.69, 9.17) is 4.74 Å². The lowest BCUT2D eigenvalue weighted by Crippen LogP contribution is -2.25. The number of aromatic nitrogens is 3. The second-order valence-electron chi connectivity index (χ2n) is 7.80. The van der Waals surface area contributed by atoms with E-state index < -0.39 is 0 Å². The summed E-state index contributed by atoms with van der Waals surface area (Å²) in [5.74, 6) is 0.727. The summed E-state index contributed by atoms with van der Waals surface area (Å²) in [7, 11) is 1.52. The molecule has 2 N–H and O–H groups in total. The number of para-hydroxylation sites is 1. The van der Waals surface area contributed by atoms with Crippen LogP contribution in [-0.2, 0) is 11.3 Å². The first-order chi connectivity index (χ1) is 17.4. The van der Waals surface area contributed by atoms with Crippen molar-refractivity contribution in [2.75, 3.05) is 18.2 Å². The zero-order chi connectivity index (χ0) is 25.5. The van der Waals surface area contributed by atoms with Gasteiger partial charge in [0.05, 0.1) is 25.0 Å². The standard InChI is InChI=1S/C26H24BrN5O3S/c1-17-6-5-7-19(14-17)29-24(33)16-36-26-31-30-23(32(26)20-12-10-18(27)11-13-20)15-28-25(34)21-8-3-4-9-22(21)35-2/h3-14H,15-16H2,1-2H3,(H,28,34)(H,29,33). The Bertz CT molecular complexity index is 1370. The van der Waals surface area contributed by atoms with Crippen LogP contribution in [0.1, 0.15) is 21.7 Å². The number of hydrogen-bond acceptors (Lipinski definition) is 6. The van der Waals surface area contributed by atoms with Crippen molar-refractivity contribution in [3.63, 3.8) is 0 Å². The van der Waals surface area contributed by atoms with Gasteiger partial charge in [0.25, 0.3) is 5.91 Å².